The molecular formula is C29H31Cl3N2O4. The number of anilines is 1. The van der Waals surface area contributed by atoms with Crippen molar-refractivity contribution in [3.8, 4) is 0 Å². The van der Waals surface area contributed by atoms with E-state index in [1.807, 2.05) is 48.5 Å². The number of ether oxygens (including phenoxy) is 2. The molecule has 1 amide bonds. The summed E-state index contributed by atoms with van der Waals surface area (Å²) >= 11 is 17.2. The number of benzene rings is 3. The van der Waals surface area contributed by atoms with Gasteiger partial charge in [0.15, 0.2) is 6.29 Å². The molecule has 1 aliphatic rings. The Morgan fingerprint density at radius 2 is 1.66 bits per heavy atom. The minimum atomic E-state index is -2.08. The predicted molar refractivity (Wildman–Crippen MR) is 151 cm³/mol. The van der Waals surface area contributed by atoms with Gasteiger partial charge in [-0.3, -0.25) is 9.69 Å². The van der Waals surface area contributed by atoms with E-state index >= 15 is 0 Å². The Balaban J connectivity index is 1.58. The summed E-state index contributed by atoms with van der Waals surface area (Å²) in [4.78, 5) is 14.4. The minimum absolute atomic E-state index is 0.0211. The van der Waals surface area contributed by atoms with Gasteiger partial charge in [0, 0.05) is 30.3 Å². The van der Waals surface area contributed by atoms with E-state index in [9.17, 15) is 9.90 Å². The molecule has 0 radical (unpaired) electrons. The van der Waals surface area contributed by atoms with Gasteiger partial charge in [-0.05, 0) is 35.9 Å². The molecule has 4 atom stereocenters. The highest BCUT2D eigenvalue weighted by Gasteiger charge is 2.39. The Kier molecular flexibility index (Phi) is 9.71. The number of halogens is 3. The van der Waals surface area contributed by atoms with E-state index in [1.165, 1.54) is 5.56 Å². The molecule has 6 nitrogen and oxygen atoms in total. The number of amides is 1. The zero-order valence-corrected chi connectivity index (χ0v) is 23.5. The zero-order valence-electron chi connectivity index (χ0n) is 21.2. The summed E-state index contributed by atoms with van der Waals surface area (Å²) in [6.07, 6.45) is -1.09. The summed E-state index contributed by atoms with van der Waals surface area (Å²) < 4.78 is 10.9. The lowest BCUT2D eigenvalue weighted by Gasteiger charge is -2.42. The monoisotopic (exact) mass is 576 g/mol. The molecule has 0 aliphatic carbocycles. The van der Waals surface area contributed by atoms with Gasteiger partial charge in [-0.2, -0.15) is 0 Å². The van der Waals surface area contributed by atoms with E-state index in [2.05, 4.69) is 36.3 Å². The fourth-order valence-corrected chi connectivity index (χ4v) is 4.70. The van der Waals surface area contributed by atoms with Gasteiger partial charge >= 0.3 is 0 Å². The molecule has 0 bridgehead atoms. The smallest absolute Gasteiger partial charge is 0.276 e. The summed E-state index contributed by atoms with van der Waals surface area (Å²) in [5.41, 5.74) is 4.25. The van der Waals surface area contributed by atoms with Gasteiger partial charge in [-0.1, -0.05) is 108 Å². The topological polar surface area (TPSA) is 71.0 Å². The number of carbonyl (C=O) groups excluding carboxylic acids is 1. The lowest BCUT2D eigenvalue weighted by Crippen LogP contribution is -2.43. The molecule has 2 N–H and O–H groups in total. The third-order valence-electron chi connectivity index (χ3n) is 6.58. The molecule has 0 spiro atoms. The maximum atomic E-state index is 12.2. The van der Waals surface area contributed by atoms with E-state index in [1.54, 1.807) is 18.2 Å². The molecule has 1 fully saturated rings. The normalized spacial score (nSPS) is 21.9. The van der Waals surface area contributed by atoms with Crippen molar-refractivity contribution in [3.05, 3.63) is 101 Å². The Hall–Kier alpha value is -2.16. The standard InChI is InChI=1S/C29H31Cl3N2O4/c1-19-25(17-34(2)16-20-7-4-3-5-8-20)37-27(38-26(19)22-13-11-21(18-35)12-14-22)23-9-6-10-24(15-23)33-28(36)29(30,31)32/h3-15,19,25-27,35H,16-18H2,1-2H3,(H,33,36)/t19-,25+,26+,27+/m0/s1. The third-order valence-corrected chi connectivity index (χ3v) is 7.10. The molecule has 0 aromatic heterocycles. The predicted octanol–water partition coefficient (Wildman–Crippen LogP) is 6.41. The quantitative estimate of drug-likeness (QED) is 0.303. The number of alkyl halides is 3. The first-order valence-electron chi connectivity index (χ1n) is 12.3. The van der Waals surface area contributed by atoms with E-state index in [0.29, 0.717) is 12.2 Å². The van der Waals surface area contributed by atoms with Crippen LogP contribution in [-0.2, 0) is 27.4 Å². The summed E-state index contributed by atoms with van der Waals surface area (Å²) in [5.74, 6) is -0.710. The Labute approximate surface area is 238 Å². The van der Waals surface area contributed by atoms with Crippen LogP contribution in [0, 0.1) is 5.92 Å². The Morgan fingerprint density at radius 1 is 0.947 bits per heavy atom. The third kappa shape index (κ3) is 7.48. The number of aliphatic hydroxyl groups is 1. The van der Waals surface area contributed by atoms with Crippen molar-refractivity contribution in [2.75, 3.05) is 18.9 Å². The SMILES string of the molecule is C[C@H]1[C@@H](CN(C)Cc2ccccc2)O[C@@H](c2cccc(NC(=O)C(Cl)(Cl)Cl)c2)O[C@H]1c1ccc(CO)cc1. The van der Waals surface area contributed by atoms with Crippen LogP contribution in [-0.4, -0.2) is 39.4 Å². The second-order valence-corrected chi connectivity index (χ2v) is 11.9. The van der Waals surface area contributed by atoms with E-state index in [4.69, 9.17) is 44.3 Å². The number of rotatable bonds is 8. The molecule has 3 aromatic rings. The van der Waals surface area contributed by atoms with Crippen molar-refractivity contribution in [2.45, 2.75) is 42.4 Å². The highest BCUT2D eigenvalue weighted by molar-refractivity contribution is 6.76. The molecular weight excluding hydrogens is 547 g/mol. The lowest BCUT2D eigenvalue weighted by molar-refractivity contribution is -0.276. The second-order valence-electron chi connectivity index (χ2n) is 9.58. The molecule has 4 rings (SSSR count). The Morgan fingerprint density at radius 3 is 2.32 bits per heavy atom. The first-order valence-corrected chi connectivity index (χ1v) is 13.5. The fourth-order valence-electron chi connectivity index (χ4n) is 4.56. The van der Waals surface area contributed by atoms with E-state index < -0.39 is 16.0 Å². The molecule has 38 heavy (non-hydrogen) atoms. The highest BCUT2D eigenvalue weighted by atomic mass is 35.6. The van der Waals surface area contributed by atoms with Crippen LogP contribution < -0.4 is 5.32 Å². The average Bonchev–Trinajstić information content (AvgIpc) is 2.90. The Bertz CT molecular complexity index is 1200. The number of nitrogens with one attached hydrogen (secondary N) is 1. The maximum absolute atomic E-state index is 12.2. The van der Waals surface area contributed by atoms with Crippen molar-refractivity contribution >= 4 is 46.4 Å². The highest BCUT2D eigenvalue weighted by Crippen LogP contribution is 2.42. The first-order chi connectivity index (χ1) is 18.1. The summed E-state index contributed by atoms with van der Waals surface area (Å²) in [7, 11) is 2.07. The minimum Gasteiger partial charge on any atom is -0.392 e. The lowest BCUT2D eigenvalue weighted by atomic mass is 9.90. The van der Waals surface area contributed by atoms with Crippen molar-refractivity contribution in [1.82, 2.24) is 4.90 Å². The van der Waals surface area contributed by atoms with Crippen LogP contribution in [0.5, 0.6) is 0 Å². The largest absolute Gasteiger partial charge is 0.392 e. The van der Waals surface area contributed by atoms with Crippen LogP contribution in [0.4, 0.5) is 5.69 Å². The number of aliphatic hydroxyl groups excluding tert-OH is 1. The molecule has 1 saturated heterocycles. The van der Waals surface area contributed by atoms with E-state index in [-0.39, 0.29) is 24.7 Å². The van der Waals surface area contributed by atoms with Crippen LogP contribution in [0.15, 0.2) is 78.9 Å². The van der Waals surface area contributed by atoms with Crippen LogP contribution in [0.1, 0.15) is 41.6 Å². The first kappa shape index (κ1) is 28.8. The van der Waals surface area contributed by atoms with E-state index in [0.717, 1.165) is 23.2 Å². The summed E-state index contributed by atoms with van der Waals surface area (Å²) in [5, 5.41) is 12.1. The number of likely N-dealkylation sites (N-methyl/N-ethyl adjacent to an activating group) is 1. The maximum Gasteiger partial charge on any atom is 0.276 e. The second kappa shape index (κ2) is 12.8. The summed E-state index contributed by atoms with van der Waals surface area (Å²) in [6.45, 7) is 3.57. The van der Waals surface area contributed by atoms with Crippen LogP contribution >= 0.6 is 34.8 Å². The number of carbonyl (C=O) groups is 1. The van der Waals surface area contributed by atoms with Crippen molar-refractivity contribution < 1.29 is 19.4 Å². The fraction of sp³-hybridized carbons (Fsp3) is 0.345. The summed E-state index contributed by atoms with van der Waals surface area (Å²) in [6, 6.07) is 25.2. The van der Waals surface area contributed by atoms with Crippen molar-refractivity contribution in [3.63, 3.8) is 0 Å². The molecule has 0 saturated carbocycles. The van der Waals surface area contributed by atoms with Crippen LogP contribution in [0.3, 0.4) is 0 Å². The zero-order chi connectivity index (χ0) is 27.3. The molecule has 9 heteroatoms. The molecule has 1 aliphatic heterocycles. The van der Waals surface area contributed by atoms with Gasteiger partial charge in [-0.25, -0.2) is 0 Å². The molecule has 0 unspecified atom stereocenters. The number of hydrogen-bond donors (Lipinski definition) is 2. The average molecular weight is 578 g/mol. The molecule has 3 aromatic carbocycles. The van der Waals surface area contributed by atoms with Gasteiger partial charge in [0.1, 0.15) is 0 Å². The molecule has 202 valence electrons. The van der Waals surface area contributed by atoms with Crippen molar-refractivity contribution in [2.24, 2.45) is 5.92 Å². The van der Waals surface area contributed by atoms with Crippen molar-refractivity contribution in [1.29, 1.82) is 0 Å². The van der Waals surface area contributed by atoms with Gasteiger partial charge < -0.3 is 19.9 Å². The molecule has 1 heterocycles. The number of nitrogens with zero attached hydrogens (tertiary/aromatic N) is 1. The van der Waals surface area contributed by atoms with Gasteiger partial charge in [0.2, 0.25) is 0 Å². The van der Waals surface area contributed by atoms with Gasteiger partial charge in [0.25, 0.3) is 9.70 Å². The number of hydrogen-bond acceptors (Lipinski definition) is 5. The van der Waals surface area contributed by atoms with Crippen LogP contribution in [0.25, 0.3) is 0 Å². The van der Waals surface area contributed by atoms with Crippen LogP contribution in [0.2, 0.25) is 0 Å². The van der Waals surface area contributed by atoms with Gasteiger partial charge in [0.05, 0.1) is 18.8 Å². The van der Waals surface area contributed by atoms with Gasteiger partial charge in [-0.15, -0.1) is 0 Å².